The van der Waals surface area contributed by atoms with Gasteiger partial charge in [-0.1, -0.05) is 30.3 Å². The van der Waals surface area contributed by atoms with Crippen LogP contribution in [-0.4, -0.2) is 22.9 Å². The lowest BCUT2D eigenvalue weighted by Crippen LogP contribution is -2.57. The van der Waals surface area contributed by atoms with E-state index in [1.165, 1.54) is 0 Å². The summed E-state index contributed by atoms with van der Waals surface area (Å²) in [4.78, 5) is 7.46. The number of benzene rings is 1. The maximum absolute atomic E-state index is 9.49. The van der Waals surface area contributed by atoms with Crippen LogP contribution in [0.15, 0.2) is 40.3 Å². The summed E-state index contributed by atoms with van der Waals surface area (Å²) < 4.78 is 0. The van der Waals surface area contributed by atoms with Crippen molar-refractivity contribution >= 4 is 11.8 Å². The van der Waals surface area contributed by atoms with Gasteiger partial charge in [0.05, 0.1) is 0 Å². The van der Waals surface area contributed by atoms with E-state index in [0.717, 1.165) is 5.56 Å². The number of nitrogens with zero attached hydrogens (tertiary/aromatic N) is 2. The van der Waals surface area contributed by atoms with E-state index in [9.17, 15) is 5.11 Å². The molecule has 0 aliphatic carbocycles. The number of aliphatic hydroxyl groups is 1. The highest BCUT2D eigenvalue weighted by Crippen LogP contribution is 2.06. The summed E-state index contributed by atoms with van der Waals surface area (Å²) in [6.45, 7) is 0. The molecule has 0 saturated heterocycles. The zero-order chi connectivity index (χ0) is 10.9. The van der Waals surface area contributed by atoms with E-state index in [-0.39, 0.29) is 5.96 Å². The molecule has 0 saturated carbocycles. The number of rotatable bonds is 1. The summed E-state index contributed by atoms with van der Waals surface area (Å²) in [5.74, 6) is -1.55. The third-order valence-electron chi connectivity index (χ3n) is 1.86. The molecule has 1 unspecified atom stereocenters. The van der Waals surface area contributed by atoms with Crippen LogP contribution in [0, 0.1) is 0 Å². The van der Waals surface area contributed by atoms with Crippen LogP contribution >= 0.6 is 0 Å². The monoisotopic (exact) mass is 205 g/mol. The number of hydrogen-bond acceptors (Lipinski definition) is 6. The highest BCUT2D eigenvalue weighted by molar-refractivity contribution is 6.06. The highest BCUT2D eigenvalue weighted by Gasteiger charge is 2.26. The van der Waals surface area contributed by atoms with Gasteiger partial charge in [-0.05, 0) is 0 Å². The van der Waals surface area contributed by atoms with Crippen LogP contribution in [0.5, 0.6) is 0 Å². The molecule has 6 heteroatoms. The van der Waals surface area contributed by atoms with Gasteiger partial charge in [0.15, 0.2) is 0 Å². The van der Waals surface area contributed by atoms with Crippen molar-refractivity contribution in [3.05, 3.63) is 35.9 Å². The van der Waals surface area contributed by atoms with Crippen molar-refractivity contribution in [2.24, 2.45) is 21.5 Å². The fourth-order valence-electron chi connectivity index (χ4n) is 1.28. The van der Waals surface area contributed by atoms with E-state index < -0.39 is 5.97 Å². The Morgan fingerprint density at radius 2 is 1.93 bits per heavy atom. The molecule has 0 bridgehead atoms. The summed E-state index contributed by atoms with van der Waals surface area (Å²) in [5.41, 5.74) is 11.6. The van der Waals surface area contributed by atoms with E-state index in [0.29, 0.717) is 5.84 Å². The fraction of sp³-hybridized carbons (Fsp3) is 0.111. The van der Waals surface area contributed by atoms with Gasteiger partial charge in [0.2, 0.25) is 5.96 Å². The van der Waals surface area contributed by atoms with E-state index in [1.807, 2.05) is 30.3 Å². The number of nitrogens with two attached hydrogens (primary N) is 2. The third-order valence-corrected chi connectivity index (χ3v) is 1.86. The maximum atomic E-state index is 9.49. The Morgan fingerprint density at radius 3 is 2.53 bits per heavy atom. The van der Waals surface area contributed by atoms with Gasteiger partial charge in [-0.2, -0.15) is 9.98 Å². The molecular formula is C9H11N5O. The van der Waals surface area contributed by atoms with Gasteiger partial charge in [0.1, 0.15) is 5.84 Å². The van der Waals surface area contributed by atoms with Crippen molar-refractivity contribution in [1.82, 2.24) is 5.32 Å². The first-order chi connectivity index (χ1) is 7.07. The second-order valence-corrected chi connectivity index (χ2v) is 3.15. The van der Waals surface area contributed by atoms with Crippen molar-refractivity contribution in [2.75, 3.05) is 0 Å². The minimum Gasteiger partial charge on any atom is -0.368 e. The molecular weight excluding hydrogens is 194 g/mol. The van der Waals surface area contributed by atoms with Crippen LogP contribution in [0.4, 0.5) is 0 Å². The number of guanidine groups is 1. The number of hydrogen-bond donors (Lipinski definition) is 4. The molecule has 2 rings (SSSR count). The molecule has 1 aliphatic heterocycles. The van der Waals surface area contributed by atoms with Gasteiger partial charge in [0, 0.05) is 5.56 Å². The predicted octanol–water partition coefficient (Wildman–Crippen LogP) is -1.09. The van der Waals surface area contributed by atoms with Crippen molar-refractivity contribution in [1.29, 1.82) is 0 Å². The molecule has 1 aromatic carbocycles. The molecule has 1 heterocycles. The van der Waals surface area contributed by atoms with Crippen molar-refractivity contribution in [2.45, 2.75) is 5.97 Å². The SMILES string of the molecule is NC1=NC(N)(O)NC(c2ccccc2)=N1. The van der Waals surface area contributed by atoms with E-state index in [2.05, 4.69) is 15.3 Å². The van der Waals surface area contributed by atoms with Crippen molar-refractivity contribution in [3.8, 4) is 0 Å². The molecule has 1 aliphatic rings. The van der Waals surface area contributed by atoms with Gasteiger partial charge in [-0.3, -0.25) is 5.73 Å². The maximum Gasteiger partial charge on any atom is 0.299 e. The van der Waals surface area contributed by atoms with Gasteiger partial charge in [-0.25, -0.2) is 0 Å². The lowest BCUT2D eigenvalue weighted by atomic mass is 10.2. The average molecular weight is 205 g/mol. The summed E-state index contributed by atoms with van der Waals surface area (Å²) in [6, 6.07) is 9.20. The van der Waals surface area contributed by atoms with Crippen LogP contribution in [0.2, 0.25) is 0 Å². The smallest absolute Gasteiger partial charge is 0.299 e. The normalized spacial score (nSPS) is 25.2. The molecule has 1 atom stereocenters. The second kappa shape index (κ2) is 3.34. The van der Waals surface area contributed by atoms with Gasteiger partial charge in [-0.15, -0.1) is 0 Å². The van der Waals surface area contributed by atoms with Gasteiger partial charge < -0.3 is 16.2 Å². The molecule has 0 amide bonds. The van der Waals surface area contributed by atoms with Crippen LogP contribution in [0.25, 0.3) is 0 Å². The second-order valence-electron chi connectivity index (χ2n) is 3.15. The molecule has 0 spiro atoms. The van der Waals surface area contributed by atoms with Crippen molar-refractivity contribution in [3.63, 3.8) is 0 Å². The lowest BCUT2D eigenvalue weighted by molar-refractivity contribution is 0.0396. The minimum absolute atomic E-state index is 0.0578. The Labute approximate surface area is 86.3 Å². The first-order valence-electron chi connectivity index (χ1n) is 4.36. The quantitative estimate of drug-likeness (QED) is 0.437. The largest absolute Gasteiger partial charge is 0.368 e. The number of aliphatic imine (C=N–C) groups is 2. The molecule has 15 heavy (non-hydrogen) atoms. The molecule has 78 valence electrons. The zero-order valence-corrected chi connectivity index (χ0v) is 7.88. The molecule has 6 N–H and O–H groups in total. The summed E-state index contributed by atoms with van der Waals surface area (Å²) in [6.07, 6.45) is 0. The van der Waals surface area contributed by atoms with E-state index in [1.54, 1.807) is 0 Å². The molecule has 0 aromatic heterocycles. The minimum atomic E-state index is -1.89. The summed E-state index contributed by atoms with van der Waals surface area (Å²) >= 11 is 0. The van der Waals surface area contributed by atoms with Crippen LogP contribution in [0.1, 0.15) is 5.56 Å². The lowest BCUT2D eigenvalue weighted by Gasteiger charge is -2.25. The van der Waals surface area contributed by atoms with E-state index >= 15 is 0 Å². The summed E-state index contributed by atoms with van der Waals surface area (Å²) in [5, 5.41) is 12.1. The Hall–Kier alpha value is -1.92. The van der Waals surface area contributed by atoms with Gasteiger partial charge >= 0.3 is 0 Å². The van der Waals surface area contributed by atoms with Crippen molar-refractivity contribution < 1.29 is 5.11 Å². The standard InChI is InChI=1S/C9H11N5O/c10-8-12-7(13-9(11,15)14-8)6-4-2-1-3-5-6/h1-5,15H,11H2,(H3,10,12,13,14). The Balaban J connectivity index is 2.37. The summed E-state index contributed by atoms with van der Waals surface area (Å²) in [7, 11) is 0. The highest BCUT2D eigenvalue weighted by atomic mass is 16.3. The fourth-order valence-corrected chi connectivity index (χ4v) is 1.28. The zero-order valence-electron chi connectivity index (χ0n) is 7.88. The third kappa shape index (κ3) is 2.12. The first-order valence-corrected chi connectivity index (χ1v) is 4.36. The van der Waals surface area contributed by atoms with Crippen LogP contribution in [-0.2, 0) is 0 Å². The van der Waals surface area contributed by atoms with Gasteiger partial charge in [0.25, 0.3) is 5.97 Å². The van der Waals surface area contributed by atoms with Crippen LogP contribution < -0.4 is 16.8 Å². The molecule has 6 nitrogen and oxygen atoms in total. The number of nitrogens with one attached hydrogen (secondary N) is 1. The Kier molecular flexibility index (Phi) is 2.14. The van der Waals surface area contributed by atoms with E-state index in [4.69, 9.17) is 11.5 Å². The first kappa shape index (κ1) is 9.63. The topological polar surface area (TPSA) is 109 Å². The Morgan fingerprint density at radius 1 is 1.27 bits per heavy atom. The molecule has 0 radical (unpaired) electrons. The number of amidine groups is 1. The predicted molar refractivity (Wildman–Crippen MR) is 56.9 cm³/mol. The Bertz CT molecular complexity index is 423. The molecule has 0 fully saturated rings. The molecule has 1 aromatic rings. The average Bonchev–Trinajstić information content (AvgIpc) is 2.16. The van der Waals surface area contributed by atoms with Crippen LogP contribution in [0.3, 0.4) is 0 Å².